The number of carbonyl (C=O) groups is 1. The number of hydrogen-bond acceptors (Lipinski definition) is 4. The van der Waals surface area contributed by atoms with Crippen molar-refractivity contribution in [3.63, 3.8) is 0 Å². The lowest BCUT2D eigenvalue weighted by atomic mass is 9.99. The molecule has 5 rings (SSSR count). The van der Waals surface area contributed by atoms with Crippen LogP contribution in [0.4, 0.5) is 5.69 Å². The molecule has 0 radical (unpaired) electrons. The van der Waals surface area contributed by atoms with E-state index in [0.29, 0.717) is 24.5 Å². The Hall–Kier alpha value is -3.99. The first-order valence-electron chi connectivity index (χ1n) is 11.3. The highest BCUT2D eigenvalue weighted by Crippen LogP contribution is 2.39. The second-order valence-corrected chi connectivity index (χ2v) is 8.00. The zero-order chi connectivity index (χ0) is 22.5. The fourth-order valence-electron chi connectivity index (χ4n) is 4.25. The highest BCUT2D eigenvalue weighted by Gasteiger charge is 2.26. The van der Waals surface area contributed by atoms with Crippen LogP contribution in [0, 0.1) is 0 Å². The molecule has 33 heavy (non-hydrogen) atoms. The van der Waals surface area contributed by atoms with Gasteiger partial charge in [-0.2, -0.15) is 0 Å². The Morgan fingerprint density at radius 1 is 0.788 bits per heavy atom. The quantitative estimate of drug-likeness (QED) is 0.256. The second-order valence-electron chi connectivity index (χ2n) is 8.00. The molecule has 5 nitrogen and oxygen atoms in total. The Morgan fingerprint density at radius 3 is 2.33 bits per heavy atom. The van der Waals surface area contributed by atoms with Gasteiger partial charge in [-0.15, -0.1) is 0 Å². The summed E-state index contributed by atoms with van der Waals surface area (Å²) in [5.41, 5.74) is 5.14. The first kappa shape index (κ1) is 20.9. The molecule has 0 aliphatic carbocycles. The average Bonchev–Trinajstić information content (AvgIpc) is 3.37. The molecule has 1 unspecified atom stereocenters. The van der Waals surface area contributed by atoms with E-state index in [2.05, 4.69) is 64.6 Å². The van der Waals surface area contributed by atoms with Crippen molar-refractivity contribution < 1.29 is 14.3 Å². The third kappa shape index (κ3) is 4.35. The predicted molar refractivity (Wildman–Crippen MR) is 130 cm³/mol. The van der Waals surface area contributed by atoms with Gasteiger partial charge in [0.15, 0.2) is 6.29 Å². The summed E-state index contributed by atoms with van der Waals surface area (Å²) >= 11 is 0. The van der Waals surface area contributed by atoms with E-state index in [1.165, 1.54) is 5.69 Å². The summed E-state index contributed by atoms with van der Waals surface area (Å²) in [7, 11) is 0. The fraction of sp³-hybridized carbons (Fsp3) is 0.179. The van der Waals surface area contributed by atoms with Gasteiger partial charge < -0.3 is 19.4 Å². The molecule has 2 heterocycles. The lowest BCUT2D eigenvalue weighted by Crippen LogP contribution is -2.22. The van der Waals surface area contributed by atoms with Crippen LogP contribution in [0.15, 0.2) is 91.1 Å². The molecule has 0 spiro atoms. The molecule has 0 amide bonds. The Balaban J connectivity index is 1.22. The van der Waals surface area contributed by atoms with Gasteiger partial charge in [0.25, 0.3) is 0 Å². The van der Waals surface area contributed by atoms with Crippen molar-refractivity contribution in [2.45, 2.75) is 18.9 Å². The maximum atomic E-state index is 11.1. The SMILES string of the molecule is O=Cc1ccccc1OCCCCOc1ccccc1C1Nc2ccccc2-n2cccc21. The number of ether oxygens (including phenoxy) is 2. The number of anilines is 1. The van der Waals surface area contributed by atoms with E-state index in [1.54, 1.807) is 6.07 Å². The Labute approximate surface area is 193 Å². The number of aldehydes is 1. The van der Waals surface area contributed by atoms with E-state index >= 15 is 0 Å². The number of unbranched alkanes of at least 4 members (excludes halogenated alkanes) is 1. The maximum Gasteiger partial charge on any atom is 0.153 e. The Kier molecular flexibility index (Phi) is 6.11. The van der Waals surface area contributed by atoms with Gasteiger partial charge in [0.1, 0.15) is 11.5 Å². The monoisotopic (exact) mass is 438 g/mol. The summed E-state index contributed by atoms with van der Waals surface area (Å²) in [6.45, 7) is 1.14. The molecule has 0 saturated carbocycles. The zero-order valence-corrected chi connectivity index (χ0v) is 18.3. The Morgan fingerprint density at radius 2 is 1.48 bits per heavy atom. The van der Waals surface area contributed by atoms with Gasteiger partial charge in [-0.1, -0.05) is 42.5 Å². The van der Waals surface area contributed by atoms with E-state index in [-0.39, 0.29) is 6.04 Å². The lowest BCUT2D eigenvalue weighted by molar-refractivity contribution is 0.111. The van der Waals surface area contributed by atoms with Gasteiger partial charge in [0.05, 0.1) is 36.2 Å². The molecule has 0 bridgehead atoms. The third-order valence-electron chi connectivity index (χ3n) is 5.87. The van der Waals surface area contributed by atoms with E-state index in [4.69, 9.17) is 9.47 Å². The molecular formula is C28H26N2O3. The number of nitrogens with one attached hydrogen (secondary N) is 1. The van der Waals surface area contributed by atoms with E-state index in [0.717, 1.165) is 41.8 Å². The minimum absolute atomic E-state index is 0.00859. The summed E-state index contributed by atoms with van der Waals surface area (Å²) in [4.78, 5) is 11.1. The highest BCUT2D eigenvalue weighted by atomic mass is 16.5. The largest absolute Gasteiger partial charge is 0.493 e. The molecule has 166 valence electrons. The van der Waals surface area contributed by atoms with Crippen LogP contribution in [0.5, 0.6) is 11.5 Å². The van der Waals surface area contributed by atoms with Crippen LogP contribution in [0.25, 0.3) is 5.69 Å². The van der Waals surface area contributed by atoms with Crippen LogP contribution < -0.4 is 14.8 Å². The number of nitrogens with zero attached hydrogens (tertiary/aromatic N) is 1. The number of para-hydroxylation sites is 4. The molecule has 3 aromatic carbocycles. The highest BCUT2D eigenvalue weighted by molar-refractivity contribution is 5.79. The van der Waals surface area contributed by atoms with Crippen LogP contribution in [0.2, 0.25) is 0 Å². The molecule has 4 aromatic rings. The first-order valence-corrected chi connectivity index (χ1v) is 11.3. The normalized spacial score (nSPS) is 14.0. The average molecular weight is 439 g/mol. The fourth-order valence-corrected chi connectivity index (χ4v) is 4.25. The summed E-state index contributed by atoms with van der Waals surface area (Å²) in [5, 5.41) is 3.69. The van der Waals surface area contributed by atoms with Crippen LogP contribution >= 0.6 is 0 Å². The Bertz CT molecular complexity index is 1250. The van der Waals surface area contributed by atoms with Gasteiger partial charge in [0, 0.05) is 17.5 Å². The topological polar surface area (TPSA) is 52.5 Å². The smallest absolute Gasteiger partial charge is 0.153 e. The molecular weight excluding hydrogens is 412 g/mol. The van der Waals surface area contributed by atoms with Crippen molar-refractivity contribution in [3.05, 3.63) is 108 Å². The van der Waals surface area contributed by atoms with E-state index < -0.39 is 0 Å². The van der Waals surface area contributed by atoms with Crippen molar-refractivity contribution in [3.8, 4) is 17.2 Å². The number of rotatable bonds is 9. The van der Waals surface area contributed by atoms with Crippen LogP contribution in [0.1, 0.15) is 40.5 Å². The van der Waals surface area contributed by atoms with Gasteiger partial charge in [0.2, 0.25) is 0 Å². The standard InChI is InChI=1S/C28H26N2O3/c31-20-21-10-1-5-15-26(21)32-18-7-8-19-33-27-16-6-2-11-22(27)28-25-14-9-17-30(25)24-13-4-3-12-23(24)29-28/h1-6,9-17,20,28-29H,7-8,18-19H2. The second kappa shape index (κ2) is 9.65. The minimum Gasteiger partial charge on any atom is -0.493 e. The van der Waals surface area contributed by atoms with E-state index in [9.17, 15) is 4.79 Å². The summed E-state index contributed by atoms with van der Waals surface area (Å²) < 4.78 is 14.2. The van der Waals surface area contributed by atoms with Crippen molar-refractivity contribution in [2.24, 2.45) is 0 Å². The van der Waals surface area contributed by atoms with Gasteiger partial charge in [-0.3, -0.25) is 4.79 Å². The molecule has 1 N–H and O–H groups in total. The predicted octanol–water partition coefficient (Wildman–Crippen LogP) is 6.04. The summed E-state index contributed by atoms with van der Waals surface area (Å²) in [6.07, 6.45) is 4.62. The van der Waals surface area contributed by atoms with Gasteiger partial charge in [-0.25, -0.2) is 0 Å². The van der Waals surface area contributed by atoms with Gasteiger partial charge in [-0.05, 0) is 55.3 Å². The third-order valence-corrected chi connectivity index (χ3v) is 5.87. The number of benzene rings is 3. The molecule has 5 heteroatoms. The van der Waals surface area contributed by atoms with Crippen molar-refractivity contribution in [1.82, 2.24) is 4.57 Å². The summed E-state index contributed by atoms with van der Waals surface area (Å²) in [5.74, 6) is 1.51. The lowest BCUT2D eigenvalue weighted by Gasteiger charge is -2.30. The number of fused-ring (bicyclic) bond motifs is 3. The zero-order valence-electron chi connectivity index (χ0n) is 18.3. The molecule has 1 aromatic heterocycles. The minimum atomic E-state index is 0.00859. The van der Waals surface area contributed by atoms with Gasteiger partial charge >= 0.3 is 0 Å². The molecule has 1 aliphatic rings. The molecule has 1 atom stereocenters. The first-order chi connectivity index (χ1) is 16.3. The molecule has 1 aliphatic heterocycles. The number of carbonyl (C=O) groups excluding carboxylic acids is 1. The van der Waals surface area contributed by atoms with Crippen LogP contribution in [-0.4, -0.2) is 24.1 Å². The van der Waals surface area contributed by atoms with Crippen molar-refractivity contribution in [1.29, 1.82) is 0 Å². The van der Waals surface area contributed by atoms with Crippen LogP contribution in [-0.2, 0) is 0 Å². The maximum absolute atomic E-state index is 11.1. The van der Waals surface area contributed by atoms with Crippen LogP contribution in [0.3, 0.4) is 0 Å². The van der Waals surface area contributed by atoms with E-state index in [1.807, 2.05) is 30.3 Å². The number of aromatic nitrogens is 1. The van der Waals surface area contributed by atoms with Crippen molar-refractivity contribution in [2.75, 3.05) is 18.5 Å². The summed E-state index contributed by atoms with van der Waals surface area (Å²) in [6, 6.07) is 28.1. The van der Waals surface area contributed by atoms with Crippen molar-refractivity contribution >= 4 is 12.0 Å². The number of hydrogen-bond donors (Lipinski definition) is 1. The molecule has 0 fully saturated rings. The molecule has 0 saturated heterocycles.